The number of benzene rings is 1. The molecule has 1 atom stereocenters. The molecule has 0 bridgehead atoms. The molecule has 1 amide bonds. The molecule has 1 fully saturated rings. The van der Waals surface area contributed by atoms with Crippen LogP contribution < -0.4 is 0 Å². The van der Waals surface area contributed by atoms with Gasteiger partial charge in [-0.2, -0.15) is 5.10 Å². The summed E-state index contributed by atoms with van der Waals surface area (Å²) in [5, 5.41) is 4.98. The monoisotopic (exact) mass is 461 g/mol. The zero-order valence-corrected chi connectivity index (χ0v) is 20.1. The molecule has 1 aliphatic rings. The Labute approximate surface area is 197 Å². The molecule has 0 radical (unpaired) electrons. The Morgan fingerprint density at radius 2 is 2.06 bits per heavy atom. The van der Waals surface area contributed by atoms with Crippen molar-refractivity contribution in [3.05, 3.63) is 53.8 Å². The van der Waals surface area contributed by atoms with Gasteiger partial charge in [0, 0.05) is 30.5 Å². The Balaban J connectivity index is 1.50. The van der Waals surface area contributed by atoms with Crippen molar-refractivity contribution in [1.29, 1.82) is 0 Å². The van der Waals surface area contributed by atoms with Gasteiger partial charge < -0.3 is 9.64 Å². The minimum absolute atomic E-state index is 0.0852. The Bertz CT molecular complexity index is 1320. The van der Waals surface area contributed by atoms with Gasteiger partial charge in [-0.05, 0) is 63.9 Å². The molecule has 3 aromatic heterocycles. The third-order valence-corrected chi connectivity index (χ3v) is 6.49. The van der Waals surface area contributed by atoms with Crippen molar-refractivity contribution in [3.63, 3.8) is 0 Å². The molecule has 7 nitrogen and oxygen atoms in total. The average Bonchev–Trinajstić information content (AvgIpc) is 3.50. The standard InChI is InChI=1S/C25H27N5O2S/c1-16-6-5-7-21(27-16)23-19(17-8-9-20-22(12-17)33-15-26-20)14-30(28-23)18-10-11-29(13-18)24(31)32-25(2,3)4/h5-9,12,14-15,18H,10-11,13H2,1-4H3/t18-/m0/s1. The highest BCUT2D eigenvalue weighted by molar-refractivity contribution is 7.16. The van der Waals surface area contributed by atoms with Crippen molar-refractivity contribution in [2.24, 2.45) is 0 Å². The van der Waals surface area contributed by atoms with E-state index in [0.717, 1.165) is 44.8 Å². The van der Waals surface area contributed by atoms with Crippen molar-refractivity contribution >= 4 is 27.6 Å². The van der Waals surface area contributed by atoms with E-state index in [-0.39, 0.29) is 12.1 Å². The number of hydrogen-bond donors (Lipinski definition) is 0. The van der Waals surface area contributed by atoms with E-state index in [1.165, 1.54) is 0 Å². The van der Waals surface area contributed by atoms with Crippen LogP contribution in [0.15, 0.2) is 48.1 Å². The maximum absolute atomic E-state index is 12.5. The van der Waals surface area contributed by atoms with Gasteiger partial charge in [0.2, 0.25) is 0 Å². The van der Waals surface area contributed by atoms with Crippen molar-refractivity contribution < 1.29 is 9.53 Å². The Morgan fingerprint density at radius 1 is 1.21 bits per heavy atom. The quantitative estimate of drug-likeness (QED) is 0.391. The van der Waals surface area contributed by atoms with E-state index < -0.39 is 5.60 Å². The summed E-state index contributed by atoms with van der Waals surface area (Å²) in [6.07, 6.45) is 2.65. The van der Waals surface area contributed by atoms with Gasteiger partial charge in [-0.1, -0.05) is 12.1 Å². The third kappa shape index (κ3) is 4.48. The molecule has 0 N–H and O–H groups in total. The maximum atomic E-state index is 12.5. The first-order valence-corrected chi connectivity index (χ1v) is 12.0. The molecule has 0 unspecified atom stereocenters. The van der Waals surface area contributed by atoms with Crippen LogP contribution in [0, 0.1) is 6.92 Å². The SMILES string of the molecule is Cc1cccc(-c2nn([C@H]3CCN(C(=O)OC(C)(C)C)C3)cc2-c2ccc3ncsc3c2)n1. The van der Waals surface area contributed by atoms with Crippen molar-refractivity contribution in [3.8, 4) is 22.5 Å². The second kappa shape index (κ2) is 8.26. The predicted molar refractivity (Wildman–Crippen MR) is 130 cm³/mol. The van der Waals surface area contributed by atoms with Crippen LogP contribution in [0.5, 0.6) is 0 Å². The van der Waals surface area contributed by atoms with Crippen LogP contribution in [0.2, 0.25) is 0 Å². The number of nitrogens with zero attached hydrogens (tertiary/aromatic N) is 5. The smallest absolute Gasteiger partial charge is 0.410 e. The molecule has 170 valence electrons. The number of hydrogen-bond acceptors (Lipinski definition) is 6. The number of rotatable bonds is 3. The highest BCUT2D eigenvalue weighted by Gasteiger charge is 2.32. The first-order valence-electron chi connectivity index (χ1n) is 11.1. The topological polar surface area (TPSA) is 73.1 Å². The number of ether oxygens (including phenoxy) is 1. The third-order valence-electron chi connectivity index (χ3n) is 5.69. The highest BCUT2D eigenvalue weighted by atomic mass is 32.1. The fourth-order valence-electron chi connectivity index (χ4n) is 4.13. The number of carbonyl (C=O) groups excluding carboxylic acids is 1. The minimum atomic E-state index is -0.507. The molecule has 4 aromatic rings. The van der Waals surface area contributed by atoms with Crippen molar-refractivity contribution in [2.75, 3.05) is 13.1 Å². The van der Waals surface area contributed by atoms with Gasteiger partial charge >= 0.3 is 6.09 Å². The van der Waals surface area contributed by atoms with Crippen molar-refractivity contribution in [1.82, 2.24) is 24.6 Å². The molecule has 8 heteroatoms. The average molecular weight is 462 g/mol. The highest BCUT2D eigenvalue weighted by Crippen LogP contribution is 2.35. The van der Waals surface area contributed by atoms with Crippen molar-refractivity contribution in [2.45, 2.75) is 45.8 Å². The molecule has 0 aliphatic carbocycles. The van der Waals surface area contributed by atoms with Crippen LogP contribution in [0.3, 0.4) is 0 Å². The van der Waals surface area contributed by atoms with Gasteiger partial charge in [0.1, 0.15) is 11.3 Å². The van der Waals surface area contributed by atoms with Gasteiger partial charge in [-0.3, -0.25) is 9.67 Å². The molecular weight excluding hydrogens is 434 g/mol. The summed E-state index contributed by atoms with van der Waals surface area (Å²) < 4.78 is 8.70. The van der Waals surface area contributed by atoms with E-state index in [0.29, 0.717) is 13.1 Å². The lowest BCUT2D eigenvalue weighted by Crippen LogP contribution is -2.35. The first-order chi connectivity index (χ1) is 15.8. The number of pyridine rings is 1. The van der Waals surface area contributed by atoms with E-state index in [9.17, 15) is 4.79 Å². The molecule has 5 rings (SSSR count). The number of aromatic nitrogens is 4. The Hall–Kier alpha value is -3.26. The zero-order valence-electron chi connectivity index (χ0n) is 19.3. The number of amides is 1. The van der Waals surface area contributed by atoms with E-state index in [2.05, 4.69) is 23.3 Å². The molecular formula is C25H27N5O2S. The van der Waals surface area contributed by atoms with Crippen LogP contribution in [-0.2, 0) is 4.74 Å². The molecule has 1 aromatic carbocycles. The van der Waals surface area contributed by atoms with Crippen LogP contribution in [0.1, 0.15) is 38.9 Å². The van der Waals surface area contributed by atoms with E-state index in [1.807, 2.05) is 62.2 Å². The lowest BCUT2D eigenvalue weighted by Gasteiger charge is -2.24. The maximum Gasteiger partial charge on any atom is 0.410 e. The second-order valence-corrected chi connectivity index (χ2v) is 10.3. The lowest BCUT2D eigenvalue weighted by molar-refractivity contribution is 0.0288. The summed E-state index contributed by atoms with van der Waals surface area (Å²) in [5.74, 6) is 0. The van der Waals surface area contributed by atoms with Gasteiger partial charge in [-0.15, -0.1) is 11.3 Å². The van der Waals surface area contributed by atoms with Crippen LogP contribution in [0.25, 0.3) is 32.7 Å². The van der Waals surface area contributed by atoms with Gasteiger partial charge in [0.25, 0.3) is 0 Å². The molecule has 4 heterocycles. The normalized spacial score (nSPS) is 16.5. The lowest BCUT2D eigenvalue weighted by atomic mass is 10.0. The zero-order chi connectivity index (χ0) is 23.2. The largest absolute Gasteiger partial charge is 0.444 e. The van der Waals surface area contributed by atoms with E-state index >= 15 is 0 Å². The number of likely N-dealkylation sites (tertiary alicyclic amines) is 1. The van der Waals surface area contributed by atoms with Crippen LogP contribution >= 0.6 is 11.3 Å². The summed E-state index contributed by atoms with van der Waals surface area (Å²) in [4.78, 5) is 23.5. The summed E-state index contributed by atoms with van der Waals surface area (Å²) in [7, 11) is 0. The van der Waals surface area contributed by atoms with Gasteiger partial charge in [-0.25, -0.2) is 9.78 Å². The first kappa shape index (κ1) is 21.6. The van der Waals surface area contributed by atoms with Gasteiger partial charge in [0.05, 0.1) is 27.5 Å². The van der Waals surface area contributed by atoms with E-state index in [4.69, 9.17) is 14.8 Å². The summed E-state index contributed by atoms with van der Waals surface area (Å²) in [6, 6.07) is 12.4. The Morgan fingerprint density at radius 3 is 2.85 bits per heavy atom. The number of aryl methyl sites for hydroxylation is 1. The Kier molecular flexibility index (Phi) is 5.40. The predicted octanol–water partition coefficient (Wildman–Crippen LogP) is 5.71. The molecule has 0 spiro atoms. The summed E-state index contributed by atoms with van der Waals surface area (Å²) in [6.45, 7) is 8.88. The minimum Gasteiger partial charge on any atom is -0.444 e. The van der Waals surface area contributed by atoms with Crippen LogP contribution in [-0.4, -0.2) is 49.4 Å². The molecule has 1 saturated heterocycles. The second-order valence-electron chi connectivity index (χ2n) is 9.44. The number of carbonyl (C=O) groups is 1. The fourth-order valence-corrected chi connectivity index (χ4v) is 4.84. The number of fused-ring (bicyclic) bond motifs is 1. The number of thiazole rings is 1. The summed E-state index contributed by atoms with van der Waals surface area (Å²) >= 11 is 1.63. The molecule has 0 saturated carbocycles. The summed E-state index contributed by atoms with van der Waals surface area (Å²) in [5.41, 5.74) is 7.10. The molecule has 33 heavy (non-hydrogen) atoms. The van der Waals surface area contributed by atoms with Gasteiger partial charge in [0.15, 0.2) is 0 Å². The fraction of sp³-hybridized carbons (Fsp3) is 0.360. The van der Waals surface area contributed by atoms with Crippen LogP contribution in [0.4, 0.5) is 4.79 Å². The van der Waals surface area contributed by atoms with E-state index in [1.54, 1.807) is 16.2 Å². The molecule has 1 aliphatic heterocycles.